The maximum Gasteiger partial charge on any atom is 0.274 e. The van der Waals surface area contributed by atoms with Crippen molar-refractivity contribution >= 4 is 57.8 Å². The highest BCUT2D eigenvalue weighted by atomic mass is 16.5. The van der Waals surface area contributed by atoms with E-state index in [1.54, 1.807) is 70.7 Å². The van der Waals surface area contributed by atoms with Gasteiger partial charge in [-0.3, -0.25) is 19.2 Å². The summed E-state index contributed by atoms with van der Waals surface area (Å²) in [5, 5.41) is 27.9. The summed E-state index contributed by atoms with van der Waals surface area (Å²) < 4.78 is 30.3. The Morgan fingerprint density at radius 1 is 0.581 bits per heavy atom. The fourth-order valence-corrected chi connectivity index (χ4v) is 11.3. The maximum absolute atomic E-state index is 13.9. The highest BCUT2D eigenvalue weighted by Gasteiger charge is 2.31. The van der Waals surface area contributed by atoms with Crippen LogP contribution in [0.4, 0.5) is 34.6 Å². The zero-order valence-electron chi connectivity index (χ0n) is 42.5. The molecule has 6 aromatic rings. The molecule has 0 bridgehead atoms. The third-order valence-corrected chi connectivity index (χ3v) is 15.4. The van der Waals surface area contributed by atoms with Gasteiger partial charge in [-0.1, -0.05) is 0 Å². The second-order valence-corrected chi connectivity index (χ2v) is 19.9. The zero-order valence-corrected chi connectivity index (χ0v) is 42.5. The fourth-order valence-electron chi connectivity index (χ4n) is 11.3. The Morgan fingerprint density at radius 3 is 1.47 bits per heavy atom. The number of nitrogens with one attached hydrogen (secondary N) is 6. The number of nitrogens with zero attached hydrogens (tertiary/aromatic N) is 8. The lowest BCUT2D eigenvalue weighted by Gasteiger charge is -2.30. The summed E-state index contributed by atoms with van der Waals surface area (Å²) in [6.45, 7) is 0.893. The molecule has 4 fully saturated rings. The van der Waals surface area contributed by atoms with Crippen molar-refractivity contribution in [2.24, 2.45) is 0 Å². The van der Waals surface area contributed by atoms with Gasteiger partial charge in [-0.05, 0) is 114 Å². The minimum atomic E-state index is -0.278. The lowest BCUT2D eigenvalue weighted by molar-refractivity contribution is -0.0342. The Balaban J connectivity index is 0.682. The number of carbonyl (C=O) groups is 2. The van der Waals surface area contributed by atoms with E-state index in [0.29, 0.717) is 76.7 Å². The Hall–Kier alpha value is -6.88. The second-order valence-electron chi connectivity index (χ2n) is 19.9. The van der Waals surface area contributed by atoms with Crippen LogP contribution < -0.4 is 43.0 Å². The molecular formula is C52H68N14O8. The number of anilines is 6. The number of amides is 2. The predicted octanol–water partition coefficient (Wildman–Crippen LogP) is 5.96. The Bertz CT molecular complexity index is 3060. The molecule has 4 atom stereocenters. The molecule has 4 aliphatic rings. The number of ether oxygens (including phenoxy) is 4. The van der Waals surface area contributed by atoms with Crippen LogP contribution in [-0.4, -0.2) is 128 Å². The molecule has 2 amide bonds. The molecule has 4 saturated carbocycles. The van der Waals surface area contributed by atoms with Crippen LogP contribution >= 0.6 is 0 Å². The van der Waals surface area contributed by atoms with E-state index in [1.807, 2.05) is 24.5 Å². The Labute approximate surface area is 428 Å². The number of hydrogen-bond donors (Lipinski definition) is 6. The van der Waals surface area contributed by atoms with Gasteiger partial charge in [0.15, 0.2) is 11.3 Å². The molecule has 0 aliphatic heterocycles. The molecule has 0 saturated heterocycles. The maximum atomic E-state index is 13.9. The van der Waals surface area contributed by atoms with Crippen molar-refractivity contribution in [3.8, 4) is 0 Å². The molecule has 6 heterocycles. The van der Waals surface area contributed by atoms with Crippen molar-refractivity contribution in [2.75, 3.05) is 62.8 Å². The number of fused-ring (bicyclic) bond motifs is 2. The van der Waals surface area contributed by atoms with Crippen LogP contribution in [0.15, 0.2) is 70.8 Å². The number of aromatic nitrogens is 8. The highest BCUT2D eigenvalue weighted by molar-refractivity contribution is 6.01. The summed E-state index contributed by atoms with van der Waals surface area (Å²) in [4.78, 5) is 64.2. The van der Waals surface area contributed by atoms with Crippen molar-refractivity contribution in [2.45, 2.75) is 138 Å². The first kappa shape index (κ1) is 50.6. The molecule has 22 nitrogen and oxygen atoms in total. The monoisotopic (exact) mass is 1020 g/mol. The van der Waals surface area contributed by atoms with Crippen LogP contribution in [0.5, 0.6) is 0 Å². The SMILES string of the molecule is CNc1cc(Nc2cccn(C3CCC(OCCO[C@@H]4CC[C@@H](NC(=O)c5cnn6c(NC)cc(Nc7cccn(C8CCC(OC)CC8)c7=O)nc56)C4)CC3)c2=O)nc2c(C(=O)NC3CC[C@H](OC)C3)cnn12. The number of methoxy groups -OCH3 is 2. The number of carbonyl (C=O) groups excluding carboxylic acids is 2. The molecule has 22 heteroatoms. The molecule has 6 N–H and O–H groups in total. The van der Waals surface area contributed by atoms with Crippen LogP contribution in [0.25, 0.3) is 11.3 Å². The largest absolute Gasteiger partial charge is 0.381 e. The topological polar surface area (TPSA) is 248 Å². The van der Waals surface area contributed by atoms with Crippen LogP contribution in [0.3, 0.4) is 0 Å². The molecule has 10 rings (SSSR count). The van der Waals surface area contributed by atoms with Gasteiger partial charge in [-0.2, -0.15) is 19.2 Å². The Morgan fingerprint density at radius 2 is 1.01 bits per heavy atom. The summed E-state index contributed by atoms with van der Waals surface area (Å²) in [5.74, 6) is 1.50. The van der Waals surface area contributed by atoms with E-state index in [2.05, 4.69) is 42.1 Å². The van der Waals surface area contributed by atoms with Crippen molar-refractivity contribution < 1.29 is 28.5 Å². The smallest absolute Gasteiger partial charge is 0.274 e. The summed E-state index contributed by atoms with van der Waals surface area (Å²) in [6.07, 6.45) is 18.6. The van der Waals surface area contributed by atoms with Gasteiger partial charge in [0.1, 0.15) is 45.8 Å². The van der Waals surface area contributed by atoms with Gasteiger partial charge in [0, 0.05) is 77.0 Å². The van der Waals surface area contributed by atoms with Crippen molar-refractivity contribution in [3.05, 3.63) is 93.0 Å². The lowest BCUT2D eigenvalue weighted by atomic mass is 9.92. The van der Waals surface area contributed by atoms with Crippen molar-refractivity contribution in [1.82, 2.24) is 49.0 Å². The van der Waals surface area contributed by atoms with Crippen LogP contribution in [0.1, 0.15) is 123 Å². The van der Waals surface area contributed by atoms with E-state index in [-0.39, 0.29) is 71.5 Å². The molecule has 6 aromatic heterocycles. The van der Waals surface area contributed by atoms with E-state index >= 15 is 0 Å². The Kier molecular flexibility index (Phi) is 15.5. The quantitative estimate of drug-likeness (QED) is 0.0512. The minimum absolute atomic E-state index is 0.0128. The number of rotatable bonds is 19. The highest BCUT2D eigenvalue weighted by Crippen LogP contribution is 2.32. The second kappa shape index (κ2) is 22.7. The van der Waals surface area contributed by atoms with Gasteiger partial charge < -0.3 is 60.0 Å². The first-order valence-electron chi connectivity index (χ1n) is 26.1. The van der Waals surface area contributed by atoms with E-state index in [0.717, 1.165) is 83.5 Å². The van der Waals surface area contributed by atoms with E-state index < -0.39 is 0 Å². The molecule has 0 radical (unpaired) electrons. The van der Waals surface area contributed by atoms with Crippen LogP contribution in [0.2, 0.25) is 0 Å². The van der Waals surface area contributed by atoms with Gasteiger partial charge in [0.05, 0.1) is 50.0 Å². The molecule has 0 aromatic carbocycles. The lowest BCUT2D eigenvalue weighted by Crippen LogP contribution is -2.33. The molecule has 74 heavy (non-hydrogen) atoms. The fraction of sp³-hybridized carbons (Fsp3) is 0.538. The first-order valence-corrected chi connectivity index (χ1v) is 26.1. The van der Waals surface area contributed by atoms with E-state index in [1.165, 1.54) is 12.4 Å². The number of pyridine rings is 2. The average Bonchev–Trinajstić information content (AvgIpc) is 4.26. The van der Waals surface area contributed by atoms with Gasteiger partial charge in [-0.15, -0.1) is 0 Å². The summed E-state index contributed by atoms with van der Waals surface area (Å²) in [5.41, 5.74) is 1.90. The first-order chi connectivity index (χ1) is 36.1. The van der Waals surface area contributed by atoms with Gasteiger partial charge >= 0.3 is 0 Å². The van der Waals surface area contributed by atoms with Gasteiger partial charge in [0.2, 0.25) is 0 Å². The van der Waals surface area contributed by atoms with Gasteiger partial charge in [-0.25, -0.2) is 9.97 Å². The molecule has 394 valence electrons. The minimum Gasteiger partial charge on any atom is -0.381 e. The van der Waals surface area contributed by atoms with E-state index in [9.17, 15) is 19.2 Å². The van der Waals surface area contributed by atoms with Gasteiger partial charge in [0.25, 0.3) is 22.9 Å². The summed E-state index contributed by atoms with van der Waals surface area (Å²) >= 11 is 0. The third-order valence-electron chi connectivity index (χ3n) is 15.4. The molecule has 0 spiro atoms. The summed E-state index contributed by atoms with van der Waals surface area (Å²) in [6, 6.07) is 10.8. The zero-order chi connectivity index (χ0) is 51.3. The predicted molar refractivity (Wildman–Crippen MR) is 279 cm³/mol. The van der Waals surface area contributed by atoms with Crippen molar-refractivity contribution in [1.29, 1.82) is 0 Å². The third kappa shape index (κ3) is 11.0. The van der Waals surface area contributed by atoms with Crippen molar-refractivity contribution in [3.63, 3.8) is 0 Å². The van der Waals surface area contributed by atoms with Crippen LogP contribution in [0, 0.1) is 0 Å². The molecular weight excluding hydrogens is 949 g/mol. The van der Waals surface area contributed by atoms with Crippen LogP contribution in [-0.2, 0) is 18.9 Å². The standard InChI is InChI=1S/C52H68N14O8/c1-53-45-28-44(61-47-39(29-55-65(45)47)49(67)57-31-9-15-37(25-31)72-4)60-42-8-6-22-64(52(42)70)34-13-19-36(20-14-34)73-23-24-74-38-16-10-32(26-38)58-50(68)40-30-56-66-46(54-2)27-43(62-48(40)66)59-41-7-5-21-63(51(41)69)33-11-17-35(71-3)18-12-33/h5-8,21-22,27-38,53-54H,9-20,23-26H2,1-4H3,(H,57,67)(H,58,68)(H,59,62)(H,60,61)/t31?,32-,33?,34?,35?,36?,37+,38-/m1/s1. The van der Waals surface area contributed by atoms with E-state index in [4.69, 9.17) is 28.9 Å². The summed E-state index contributed by atoms with van der Waals surface area (Å²) in [7, 11) is 6.96. The number of hydrogen-bond acceptors (Lipinski definition) is 16. The molecule has 4 aliphatic carbocycles. The molecule has 1 unspecified atom stereocenters. The normalized spacial score (nSPS) is 24.0. The average molecular weight is 1020 g/mol.